The van der Waals surface area contributed by atoms with Gasteiger partial charge in [-0.3, -0.25) is 14.6 Å². The first-order valence-electron chi connectivity index (χ1n) is 11.3. The molecule has 0 saturated carbocycles. The zero-order valence-corrected chi connectivity index (χ0v) is 21.5. The minimum atomic E-state index is 0. The molecule has 0 bridgehead atoms. The first-order valence-corrected chi connectivity index (χ1v) is 11.3. The van der Waals surface area contributed by atoms with Crippen molar-refractivity contribution in [1.82, 2.24) is 24.9 Å². The molecular weight excluding hydrogens is 499 g/mol. The summed E-state index contributed by atoms with van der Waals surface area (Å²) in [6, 6.07) is 9.01. The Morgan fingerprint density at radius 3 is 2.65 bits per heavy atom. The van der Waals surface area contributed by atoms with Gasteiger partial charge < -0.3 is 10.2 Å². The van der Waals surface area contributed by atoms with Crippen LogP contribution in [0.25, 0.3) is 0 Å². The molecule has 7 heteroatoms. The van der Waals surface area contributed by atoms with E-state index < -0.39 is 0 Å². The predicted molar refractivity (Wildman–Crippen MR) is 138 cm³/mol. The van der Waals surface area contributed by atoms with Gasteiger partial charge in [0.25, 0.3) is 0 Å². The third-order valence-electron chi connectivity index (χ3n) is 6.62. The number of nitrogens with zero attached hydrogens (tertiary/aromatic N) is 5. The summed E-state index contributed by atoms with van der Waals surface area (Å²) in [7, 11) is 3.87. The molecule has 0 spiro atoms. The molecule has 0 amide bonds. The Labute approximate surface area is 204 Å². The van der Waals surface area contributed by atoms with E-state index in [1.54, 1.807) is 0 Å². The molecule has 2 fully saturated rings. The molecule has 0 radical (unpaired) electrons. The summed E-state index contributed by atoms with van der Waals surface area (Å²) in [4.78, 5) is 9.51. The van der Waals surface area contributed by atoms with Gasteiger partial charge in [-0.05, 0) is 55.0 Å². The molecule has 4 rings (SSSR count). The van der Waals surface area contributed by atoms with Crippen LogP contribution in [0.5, 0.6) is 0 Å². The lowest BCUT2D eigenvalue weighted by atomic mass is 9.98. The number of piperidine rings is 1. The van der Waals surface area contributed by atoms with Crippen LogP contribution in [-0.2, 0) is 20.1 Å². The van der Waals surface area contributed by atoms with E-state index in [2.05, 4.69) is 62.6 Å². The molecule has 6 nitrogen and oxygen atoms in total. The zero-order chi connectivity index (χ0) is 20.9. The van der Waals surface area contributed by atoms with Crippen LogP contribution >= 0.6 is 24.0 Å². The van der Waals surface area contributed by atoms with Crippen molar-refractivity contribution in [1.29, 1.82) is 0 Å². The molecule has 2 saturated heterocycles. The van der Waals surface area contributed by atoms with Crippen LogP contribution in [0.4, 0.5) is 0 Å². The average Bonchev–Trinajstić information content (AvgIpc) is 3.40. The maximum atomic E-state index is 4.54. The third-order valence-corrected chi connectivity index (χ3v) is 6.62. The molecule has 2 aliphatic heterocycles. The molecule has 2 aliphatic rings. The Balaban J connectivity index is 0.00000272. The number of benzene rings is 1. The Hall–Kier alpha value is -1.61. The van der Waals surface area contributed by atoms with Gasteiger partial charge in [-0.15, -0.1) is 24.0 Å². The van der Waals surface area contributed by atoms with Crippen LogP contribution in [-0.4, -0.2) is 58.8 Å². The van der Waals surface area contributed by atoms with Crippen molar-refractivity contribution >= 4 is 29.9 Å². The smallest absolute Gasteiger partial charge is 0.193 e. The summed E-state index contributed by atoms with van der Waals surface area (Å²) in [6.45, 7) is 8.73. The fraction of sp³-hybridized carbons (Fsp3) is 0.583. The summed E-state index contributed by atoms with van der Waals surface area (Å²) in [6.07, 6.45) is 7.94. The quantitative estimate of drug-likeness (QED) is 0.359. The van der Waals surface area contributed by atoms with Gasteiger partial charge in [-0.2, -0.15) is 5.10 Å². The predicted octanol–water partition coefficient (Wildman–Crippen LogP) is 3.83. The van der Waals surface area contributed by atoms with Crippen molar-refractivity contribution in [3.63, 3.8) is 0 Å². The lowest BCUT2D eigenvalue weighted by molar-refractivity contribution is 0.185. The van der Waals surface area contributed by atoms with Gasteiger partial charge in [0.05, 0.1) is 6.20 Å². The second-order valence-electron chi connectivity index (χ2n) is 9.06. The van der Waals surface area contributed by atoms with E-state index in [9.17, 15) is 0 Å². The second kappa shape index (κ2) is 11.3. The molecule has 3 heterocycles. The number of hydrogen-bond acceptors (Lipinski definition) is 3. The number of halogens is 1. The molecule has 1 aromatic heterocycles. The number of aryl methyl sites for hydroxylation is 1. The van der Waals surface area contributed by atoms with Gasteiger partial charge in [-0.1, -0.05) is 31.2 Å². The minimum absolute atomic E-state index is 0. The van der Waals surface area contributed by atoms with Crippen molar-refractivity contribution in [3.05, 3.63) is 53.3 Å². The fourth-order valence-corrected chi connectivity index (χ4v) is 4.71. The molecule has 0 aliphatic carbocycles. The highest BCUT2D eigenvalue weighted by atomic mass is 127. The van der Waals surface area contributed by atoms with Gasteiger partial charge in [0, 0.05) is 52.4 Å². The van der Waals surface area contributed by atoms with Crippen molar-refractivity contribution < 1.29 is 0 Å². The van der Waals surface area contributed by atoms with Crippen molar-refractivity contribution in [2.24, 2.45) is 18.0 Å². The average molecular weight is 537 g/mol. The number of aromatic nitrogens is 2. The number of rotatable bonds is 5. The maximum Gasteiger partial charge on any atom is 0.193 e. The third kappa shape index (κ3) is 6.44. The van der Waals surface area contributed by atoms with E-state index in [4.69, 9.17) is 0 Å². The first kappa shape index (κ1) is 24.0. The summed E-state index contributed by atoms with van der Waals surface area (Å²) in [5.41, 5.74) is 4.06. The number of likely N-dealkylation sites (tertiary alicyclic amines) is 2. The van der Waals surface area contributed by atoms with Crippen molar-refractivity contribution in [2.45, 2.75) is 45.2 Å². The molecule has 170 valence electrons. The summed E-state index contributed by atoms with van der Waals surface area (Å²) < 4.78 is 1.89. The number of guanidine groups is 1. The fourth-order valence-electron chi connectivity index (χ4n) is 4.71. The Morgan fingerprint density at radius 2 is 1.94 bits per heavy atom. The summed E-state index contributed by atoms with van der Waals surface area (Å²) in [5.74, 6) is 2.41. The largest absolute Gasteiger partial charge is 0.352 e. The number of hydrogen-bond donors (Lipinski definition) is 1. The van der Waals surface area contributed by atoms with Gasteiger partial charge in [0.15, 0.2) is 5.96 Å². The Bertz CT molecular complexity index is 855. The highest BCUT2D eigenvalue weighted by Gasteiger charge is 2.26. The monoisotopic (exact) mass is 536 g/mol. The molecule has 2 aromatic rings. The topological polar surface area (TPSA) is 48.7 Å². The second-order valence-corrected chi connectivity index (χ2v) is 9.06. The van der Waals surface area contributed by atoms with Gasteiger partial charge >= 0.3 is 0 Å². The van der Waals surface area contributed by atoms with E-state index >= 15 is 0 Å². The van der Waals surface area contributed by atoms with E-state index in [-0.39, 0.29) is 24.0 Å². The Morgan fingerprint density at radius 1 is 1.16 bits per heavy atom. The van der Waals surface area contributed by atoms with Crippen LogP contribution in [0.1, 0.15) is 48.8 Å². The molecule has 1 atom stereocenters. The summed E-state index contributed by atoms with van der Waals surface area (Å²) in [5, 5.41) is 7.91. The molecule has 1 unspecified atom stereocenters. The zero-order valence-electron chi connectivity index (χ0n) is 19.1. The van der Waals surface area contributed by atoms with Gasteiger partial charge in [0.1, 0.15) is 0 Å². The normalized spacial score (nSPS) is 20.7. The highest BCUT2D eigenvalue weighted by molar-refractivity contribution is 14.0. The highest BCUT2D eigenvalue weighted by Crippen LogP contribution is 2.26. The lowest BCUT2D eigenvalue weighted by Gasteiger charge is -2.30. The molecule has 1 N–H and O–H groups in total. The summed E-state index contributed by atoms with van der Waals surface area (Å²) >= 11 is 0. The van der Waals surface area contributed by atoms with Crippen molar-refractivity contribution in [3.8, 4) is 0 Å². The van der Waals surface area contributed by atoms with Gasteiger partial charge in [-0.25, -0.2) is 0 Å². The lowest BCUT2D eigenvalue weighted by Crippen LogP contribution is -2.39. The van der Waals surface area contributed by atoms with Crippen LogP contribution < -0.4 is 5.32 Å². The van der Waals surface area contributed by atoms with Gasteiger partial charge in [0.2, 0.25) is 0 Å². The molecule has 1 aromatic carbocycles. The van der Waals surface area contributed by atoms with E-state index in [0.29, 0.717) is 5.92 Å². The first-order chi connectivity index (χ1) is 14.6. The number of nitrogens with one attached hydrogen (secondary N) is 1. The van der Waals surface area contributed by atoms with E-state index in [0.717, 1.165) is 44.5 Å². The van der Waals surface area contributed by atoms with Crippen LogP contribution in [0.3, 0.4) is 0 Å². The maximum absolute atomic E-state index is 4.54. The number of aliphatic imine (C=N–C) groups is 1. The molecule has 31 heavy (non-hydrogen) atoms. The SMILES string of the molecule is CN=C(NCc1cccc(CN2CCC(C)CC2)c1)N1CCC(c2cnn(C)c2)C1.I. The van der Waals surface area contributed by atoms with Crippen molar-refractivity contribution in [2.75, 3.05) is 33.2 Å². The van der Waals surface area contributed by atoms with Crippen LogP contribution in [0, 0.1) is 5.92 Å². The molecular formula is C24H37IN6. The van der Waals surface area contributed by atoms with E-state index in [1.807, 2.05) is 25.0 Å². The van der Waals surface area contributed by atoms with Crippen LogP contribution in [0.15, 0.2) is 41.7 Å². The Kier molecular flexibility index (Phi) is 8.77. The van der Waals surface area contributed by atoms with Crippen LogP contribution in [0.2, 0.25) is 0 Å². The minimum Gasteiger partial charge on any atom is -0.352 e. The van der Waals surface area contributed by atoms with E-state index in [1.165, 1.54) is 42.6 Å². The standard InChI is InChI=1S/C24H36N6.HI/c1-19-7-10-29(11-8-19)16-21-6-4-5-20(13-21)14-26-24(25-2)30-12-9-22(18-30)23-15-27-28(3)17-23;/h4-6,13,15,17,19,22H,7-12,14,16,18H2,1-3H3,(H,25,26);1H.